The molecule has 0 spiro atoms. The van der Waals surface area contributed by atoms with E-state index in [-0.39, 0.29) is 11.7 Å². The van der Waals surface area contributed by atoms with Crippen molar-refractivity contribution in [3.05, 3.63) is 47.2 Å². The predicted molar refractivity (Wildman–Crippen MR) is 104 cm³/mol. The molecule has 4 rings (SSSR count). The van der Waals surface area contributed by atoms with Crippen LogP contribution in [-0.2, 0) is 16.4 Å². The predicted octanol–water partition coefficient (Wildman–Crippen LogP) is 2.21. The number of rotatable bonds is 4. The van der Waals surface area contributed by atoms with E-state index in [1.165, 1.54) is 0 Å². The normalized spacial score (nSPS) is 21.9. The van der Waals surface area contributed by atoms with Crippen molar-refractivity contribution in [1.82, 2.24) is 4.98 Å². The number of sulfone groups is 1. The average Bonchev–Trinajstić information content (AvgIpc) is 3.20. The van der Waals surface area contributed by atoms with Gasteiger partial charge in [0, 0.05) is 11.1 Å². The molecule has 142 valence electrons. The second kappa shape index (κ2) is 6.73. The maximum atomic E-state index is 12.8. The Morgan fingerprint density at radius 1 is 1.22 bits per heavy atom. The first-order chi connectivity index (χ1) is 12.8. The highest BCUT2D eigenvalue weighted by molar-refractivity contribution is 7.91. The van der Waals surface area contributed by atoms with Gasteiger partial charge < -0.3 is 10.8 Å². The molecule has 0 saturated heterocycles. The SMILES string of the molecule is Cc1cc(S(=O)(=O)C[C@@H]2CCC[C@@H]2O)ccc1-c1ccc2c(n1)C(N)=NC2. The molecule has 1 aromatic heterocycles. The van der Waals surface area contributed by atoms with Gasteiger partial charge in [-0.1, -0.05) is 18.6 Å². The monoisotopic (exact) mass is 385 g/mol. The minimum atomic E-state index is -3.44. The van der Waals surface area contributed by atoms with Gasteiger partial charge >= 0.3 is 0 Å². The Morgan fingerprint density at radius 2 is 2.04 bits per heavy atom. The van der Waals surface area contributed by atoms with Gasteiger partial charge in [0.1, 0.15) is 11.5 Å². The standard InChI is InChI=1S/C20H23N3O3S/c1-12-9-15(27(25,26)11-14-3-2-4-18(14)24)6-7-16(12)17-8-5-13-10-22-20(21)19(13)23-17/h5-9,14,18,24H,2-4,10-11H2,1H3,(H2,21,22)/t14-,18-/m0/s1. The lowest BCUT2D eigenvalue weighted by Gasteiger charge is -2.15. The van der Waals surface area contributed by atoms with Crippen LogP contribution in [0, 0.1) is 12.8 Å². The summed E-state index contributed by atoms with van der Waals surface area (Å²) in [6.45, 7) is 2.43. The summed E-state index contributed by atoms with van der Waals surface area (Å²) in [6.07, 6.45) is 1.83. The number of nitrogens with zero attached hydrogens (tertiary/aromatic N) is 2. The molecule has 6 nitrogen and oxygen atoms in total. The molecule has 2 aromatic rings. The lowest BCUT2D eigenvalue weighted by atomic mass is 10.0. The van der Waals surface area contributed by atoms with Crippen LogP contribution in [0.2, 0.25) is 0 Å². The molecule has 2 atom stereocenters. The summed E-state index contributed by atoms with van der Waals surface area (Å²) >= 11 is 0. The molecule has 1 fully saturated rings. The molecule has 0 radical (unpaired) electrons. The minimum Gasteiger partial charge on any atom is -0.393 e. The number of benzene rings is 1. The summed E-state index contributed by atoms with van der Waals surface area (Å²) in [6, 6.07) is 9.00. The number of aromatic nitrogens is 1. The van der Waals surface area contributed by atoms with Crippen LogP contribution in [0.15, 0.2) is 40.2 Å². The van der Waals surface area contributed by atoms with E-state index in [4.69, 9.17) is 5.73 Å². The van der Waals surface area contributed by atoms with Crippen molar-refractivity contribution in [2.75, 3.05) is 5.75 Å². The van der Waals surface area contributed by atoms with Crippen molar-refractivity contribution >= 4 is 15.7 Å². The third kappa shape index (κ3) is 3.37. The van der Waals surface area contributed by atoms with Gasteiger partial charge in [-0.2, -0.15) is 0 Å². The molecule has 27 heavy (non-hydrogen) atoms. The lowest BCUT2D eigenvalue weighted by Crippen LogP contribution is -2.23. The number of aliphatic hydroxyl groups is 1. The van der Waals surface area contributed by atoms with E-state index in [0.717, 1.165) is 35.2 Å². The number of aryl methyl sites for hydroxylation is 1. The Bertz CT molecular complexity index is 1030. The van der Waals surface area contributed by atoms with Gasteiger partial charge in [0.2, 0.25) is 0 Å². The van der Waals surface area contributed by atoms with Crippen molar-refractivity contribution in [2.45, 2.75) is 43.7 Å². The van der Waals surface area contributed by atoms with Gasteiger partial charge in [-0.25, -0.2) is 13.4 Å². The molecule has 2 heterocycles. The molecular weight excluding hydrogens is 362 g/mol. The second-order valence-electron chi connectivity index (χ2n) is 7.42. The zero-order valence-corrected chi connectivity index (χ0v) is 16.0. The van der Waals surface area contributed by atoms with E-state index in [1.807, 2.05) is 19.1 Å². The number of fused-ring (bicyclic) bond motifs is 1. The quantitative estimate of drug-likeness (QED) is 0.839. The Balaban J connectivity index is 1.63. The summed E-state index contributed by atoms with van der Waals surface area (Å²) in [5, 5.41) is 9.95. The molecule has 7 heteroatoms. The number of aliphatic hydroxyl groups excluding tert-OH is 1. The number of nitrogens with two attached hydrogens (primary N) is 1. The van der Waals surface area contributed by atoms with Crippen LogP contribution in [0.3, 0.4) is 0 Å². The van der Waals surface area contributed by atoms with Gasteiger partial charge in [0.15, 0.2) is 9.84 Å². The summed E-state index contributed by atoms with van der Waals surface area (Å²) in [4.78, 5) is 9.10. The summed E-state index contributed by atoms with van der Waals surface area (Å²) in [7, 11) is -3.44. The zero-order chi connectivity index (χ0) is 19.2. The Kier molecular flexibility index (Phi) is 4.52. The molecule has 0 bridgehead atoms. The molecule has 0 amide bonds. The van der Waals surface area contributed by atoms with Crippen molar-refractivity contribution < 1.29 is 13.5 Å². The molecule has 3 N–H and O–H groups in total. The molecular formula is C20H23N3O3S. The van der Waals surface area contributed by atoms with Gasteiger partial charge in [-0.15, -0.1) is 0 Å². The van der Waals surface area contributed by atoms with Crippen molar-refractivity contribution in [1.29, 1.82) is 0 Å². The maximum Gasteiger partial charge on any atom is 0.178 e. The first-order valence-electron chi connectivity index (χ1n) is 9.17. The highest BCUT2D eigenvalue weighted by Gasteiger charge is 2.31. The molecule has 2 aliphatic rings. The highest BCUT2D eigenvalue weighted by Crippen LogP contribution is 2.31. The van der Waals surface area contributed by atoms with Crippen LogP contribution >= 0.6 is 0 Å². The van der Waals surface area contributed by atoms with Crippen LogP contribution in [-0.4, -0.2) is 36.2 Å². The highest BCUT2D eigenvalue weighted by atomic mass is 32.2. The van der Waals surface area contributed by atoms with Crippen LogP contribution in [0.25, 0.3) is 11.3 Å². The molecule has 1 aliphatic carbocycles. The first-order valence-corrected chi connectivity index (χ1v) is 10.8. The smallest absolute Gasteiger partial charge is 0.178 e. The molecule has 1 aliphatic heterocycles. The van der Waals surface area contributed by atoms with E-state index in [2.05, 4.69) is 9.98 Å². The Morgan fingerprint density at radius 3 is 2.74 bits per heavy atom. The summed E-state index contributed by atoms with van der Waals surface area (Å²) < 4.78 is 25.5. The van der Waals surface area contributed by atoms with E-state index in [1.54, 1.807) is 18.2 Å². The summed E-state index contributed by atoms with van der Waals surface area (Å²) in [5.41, 5.74) is 10.1. The second-order valence-corrected chi connectivity index (χ2v) is 9.46. The lowest BCUT2D eigenvalue weighted by molar-refractivity contribution is 0.142. The average molecular weight is 385 g/mol. The molecule has 1 saturated carbocycles. The number of hydrogen-bond acceptors (Lipinski definition) is 6. The Labute approximate surface area is 159 Å². The van der Waals surface area contributed by atoms with E-state index in [9.17, 15) is 13.5 Å². The largest absolute Gasteiger partial charge is 0.393 e. The van der Waals surface area contributed by atoms with Crippen molar-refractivity contribution in [3.8, 4) is 11.3 Å². The van der Waals surface area contributed by atoms with Gasteiger partial charge in [-0.3, -0.25) is 4.99 Å². The minimum absolute atomic E-state index is 0.00293. The van der Waals surface area contributed by atoms with Gasteiger partial charge in [-0.05, 0) is 49.4 Å². The van der Waals surface area contributed by atoms with Crippen LogP contribution in [0.5, 0.6) is 0 Å². The van der Waals surface area contributed by atoms with Crippen LogP contribution in [0.4, 0.5) is 0 Å². The van der Waals surface area contributed by atoms with Crippen molar-refractivity contribution in [2.24, 2.45) is 16.6 Å². The van der Waals surface area contributed by atoms with Crippen LogP contribution in [0.1, 0.15) is 36.1 Å². The van der Waals surface area contributed by atoms with E-state index < -0.39 is 15.9 Å². The topological polar surface area (TPSA) is 106 Å². The number of amidine groups is 1. The van der Waals surface area contributed by atoms with Gasteiger partial charge in [0.05, 0.1) is 29.0 Å². The van der Waals surface area contributed by atoms with Crippen LogP contribution < -0.4 is 5.73 Å². The fourth-order valence-electron chi connectivity index (χ4n) is 3.94. The summed E-state index contributed by atoms with van der Waals surface area (Å²) in [5.74, 6) is 0.270. The zero-order valence-electron chi connectivity index (χ0n) is 15.2. The van der Waals surface area contributed by atoms with Gasteiger partial charge in [0.25, 0.3) is 0 Å². The van der Waals surface area contributed by atoms with E-state index >= 15 is 0 Å². The first kappa shape index (κ1) is 18.1. The molecule has 1 aromatic carbocycles. The number of pyridine rings is 1. The Hall–Kier alpha value is -2.25. The maximum absolute atomic E-state index is 12.8. The third-order valence-corrected chi connectivity index (χ3v) is 7.37. The third-order valence-electron chi connectivity index (χ3n) is 5.53. The fourth-order valence-corrected chi connectivity index (χ4v) is 5.72. The van der Waals surface area contributed by atoms with E-state index in [0.29, 0.717) is 29.4 Å². The number of hydrogen-bond donors (Lipinski definition) is 2. The molecule has 0 unspecified atom stereocenters. The van der Waals surface area contributed by atoms with Crippen molar-refractivity contribution in [3.63, 3.8) is 0 Å². The fraction of sp³-hybridized carbons (Fsp3) is 0.400. The number of aliphatic imine (C=N–C) groups is 1.